The number of nitrogens with zero attached hydrogens (tertiary/aromatic N) is 5. The molecule has 0 radical (unpaired) electrons. The van der Waals surface area contributed by atoms with Crippen molar-refractivity contribution < 1.29 is 8.42 Å². The van der Waals surface area contributed by atoms with Gasteiger partial charge in [-0.15, -0.1) is 5.10 Å². The minimum Gasteiger partial charge on any atom is -0.281 e. The minimum atomic E-state index is -3.53. The minimum absolute atomic E-state index is 0.305. The third-order valence-corrected chi connectivity index (χ3v) is 9.47. The van der Waals surface area contributed by atoms with Gasteiger partial charge in [-0.3, -0.25) is 9.47 Å². The van der Waals surface area contributed by atoms with Gasteiger partial charge in [-0.05, 0) is 68.6 Å². The van der Waals surface area contributed by atoms with E-state index < -0.39 is 10.0 Å². The van der Waals surface area contributed by atoms with Crippen molar-refractivity contribution in [3.63, 3.8) is 0 Å². The Kier molecular flexibility index (Phi) is 7.20. The quantitative estimate of drug-likeness (QED) is 0.414. The summed E-state index contributed by atoms with van der Waals surface area (Å²) in [6.07, 6.45) is 6.58. The molecule has 1 unspecified atom stereocenters. The average molecular weight is 512 g/mol. The number of para-hydroxylation sites is 1. The molecule has 2 aromatic carbocycles. The van der Waals surface area contributed by atoms with Crippen LogP contribution in [0.1, 0.15) is 45.4 Å². The fourth-order valence-corrected chi connectivity index (χ4v) is 7.10. The van der Waals surface area contributed by atoms with Crippen LogP contribution in [0.15, 0.2) is 59.5 Å². The van der Waals surface area contributed by atoms with Crippen molar-refractivity contribution in [3.05, 3.63) is 59.4 Å². The van der Waals surface area contributed by atoms with Gasteiger partial charge in [0, 0.05) is 36.9 Å². The third-order valence-electron chi connectivity index (χ3n) is 7.18. The van der Waals surface area contributed by atoms with E-state index in [-0.39, 0.29) is 0 Å². The molecule has 2 aliphatic heterocycles. The number of aromatic nitrogens is 3. The van der Waals surface area contributed by atoms with Gasteiger partial charge in [-0.2, -0.15) is 4.31 Å². The second kappa shape index (κ2) is 10.3. The van der Waals surface area contributed by atoms with Crippen LogP contribution in [-0.2, 0) is 16.7 Å². The lowest BCUT2D eigenvalue weighted by molar-refractivity contribution is 0.100. The highest BCUT2D eigenvalue weighted by Gasteiger charge is 2.28. The van der Waals surface area contributed by atoms with E-state index in [1.165, 1.54) is 19.3 Å². The van der Waals surface area contributed by atoms with Gasteiger partial charge in [0.05, 0.1) is 11.6 Å². The smallest absolute Gasteiger partial charge is 0.243 e. The van der Waals surface area contributed by atoms with Gasteiger partial charge in [0.25, 0.3) is 0 Å². The van der Waals surface area contributed by atoms with Crippen LogP contribution in [0.4, 0.5) is 0 Å². The zero-order valence-corrected chi connectivity index (χ0v) is 21.8. The Morgan fingerprint density at radius 2 is 1.71 bits per heavy atom. The van der Waals surface area contributed by atoms with Crippen LogP contribution in [0, 0.1) is 4.77 Å². The van der Waals surface area contributed by atoms with Crippen molar-refractivity contribution >= 4 is 22.2 Å². The molecule has 0 saturated carbocycles. The number of sulfonamides is 1. The maximum atomic E-state index is 13.2. The SMILES string of the molecule is CCC1CCCCN1Cn1nc(-c2cccc(S(=O)(=O)N3CCCC3)c2)n(-c2ccccc2)c1=S. The first-order valence-electron chi connectivity index (χ1n) is 12.6. The van der Waals surface area contributed by atoms with Crippen LogP contribution in [0.3, 0.4) is 0 Å². The molecule has 2 saturated heterocycles. The third kappa shape index (κ3) is 4.87. The van der Waals surface area contributed by atoms with E-state index >= 15 is 0 Å². The van der Waals surface area contributed by atoms with Crippen LogP contribution >= 0.6 is 12.2 Å². The van der Waals surface area contributed by atoms with Gasteiger partial charge in [0.2, 0.25) is 14.8 Å². The Morgan fingerprint density at radius 3 is 2.46 bits per heavy atom. The summed E-state index contributed by atoms with van der Waals surface area (Å²) in [5.74, 6) is 0.657. The van der Waals surface area contributed by atoms with E-state index in [0.717, 1.165) is 37.1 Å². The maximum Gasteiger partial charge on any atom is 0.243 e. The van der Waals surface area contributed by atoms with E-state index in [9.17, 15) is 8.42 Å². The van der Waals surface area contributed by atoms with E-state index in [2.05, 4.69) is 11.8 Å². The highest BCUT2D eigenvalue weighted by molar-refractivity contribution is 7.89. The zero-order chi connectivity index (χ0) is 24.4. The Morgan fingerprint density at radius 1 is 0.971 bits per heavy atom. The van der Waals surface area contributed by atoms with Crippen LogP contribution < -0.4 is 0 Å². The van der Waals surface area contributed by atoms with Crippen molar-refractivity contribution in [2.24, 2.45) is 0 Å². The fourth-order valence-electron chi connectivity index (χ4n) is 5.25. The Hall–Kier alpha value is -2.33. The molecule has 3 heterocycles. The van der Waals surface area contributed by atoms with Crippen molar-refractivity contribution in [1.82, 2.24) is 23.6 Å². The summed E-state index contributed by atoms with van der Waals surface area (Å²) in [6.45, 7) is 5.07. The van der Waals surface area contributed by atoms with Crippen LogP contribution in [0.25, 0.3) is 17.1 Å². The first-order valence-corrected chi connectivity index (χ1v) is 14.4. The number of benzene rings is 2. The number of hydrogen-bond donors (Lipinski definition) is 0. The molecule has 0 N–H and O–H groups in total. The molecule has 2 fully saturated rings. The predicted molar refractivity (Wildman–Crippen MR) is 140 cm³/mol. The van der Waals surface area contributed by atoms with Crippen LogP contribution in [0.2, 0.25) is 0 Å². The van der Waals surface area contributed by atoms with E-state index in [1.807, 2.05) is 45.6 Å². The van der Waals surface area contributed by atoms with Gasteiger partial charge in [0.15, 0.2) is 5.82 Å². The molecule has 1 atom stereocenters. The molecule has 9 heteroatoms. The highest BCUT2D eigenvalue weighted by Crippen LogP contribution is 2.28. The summed E-state index contributed by atoms with van der Waals surface area (Å²) < 4.78 is 32.5. The summed E-state index contributed by atoms with van der Waals surface area (Å²) in [4.78, 5) is 2.78. The second-order valence-corrected chi connectivity index (χ2v) is 11.7. The zero-order valence-electron chi connectivity index (χ0n) is 20.2. The molecule has 35 heavy (non-hydrogen) atoms. The van der Waals surface area contributed by atoms with Gasteiger partial charge >= 0.3 is 0 Å². The molecule has 1 aromatic heterocycles. The van der Waals surface area contributed by atoms with Gasteiger partial charge in [-0.25, -0.2) is 13.1 Å². The first-order chi connectivity index (χ1) is 17.0. The molecular formula is C26H33N5O2S2. The lowest BCUT2D eigenvalue weighted by Crippen LogP contribution is -2.40. The maximum absolute atomic E-state index is 13.2. The normalized spacial score (nSPS) is 19.9. The number of likely N-dealkylation sites (tertiary alicyclic amines) is 1. The number of hydrogen-bond acceptors (Lipinski definition) is 5. The fraction of sp³-hybridized carbons (Fsp3) is 0.462. The monoisotopic (exact) mass is 511 g/mol. The van der Waals surface area contributed by atoms with Crippen molar-refractivity contribution in [2.45, 2.75) is 63.1 Å². The highest BCUT2D eigenvalue weighted by atomic mass is 32.2. The van der Waals surface area contributed by atoms with Crippen molar-refractivity contribution in [3.8, 4) is 17.1 Å². The van der Waals surface area contributed by atoms with Gasteiger partial charge in [0.1, 0.15) is 0 Å². The molecule has 0 bridgehead atoms. The summed E-state index contributed by atoms with van der Waals surface area (Å²) in [5.41, 5.74) is 1.65. The molecule has 5 rings (SSSR count). The van der Waals surface area contributed by atoms with Crippen molar-refractivity contribution in [2.75, 3.05) is 19.6 Å². The summed E-state index contributed by atoms with van der Waals surface area (Å²) in [5, 5.41) is 4.97. The molecule has 7 nitrogen and oxygen atoms in total. The average Bonchev–Trinajstić information content (AvgIpc) is 3.54. The molecule has 2 aliphatic rings. The number of piperidine rings is 1. The second-order valence-electron chi connectivity index (χ2n) is 9.43. The summed E-state index contributed by atoms with van der Waals surface area (Å²) in [6, 6.07) is 17.6. The Labute approximate surface area is 213 Å². The Bertz CT molecular complexity index is 1330. The van der Waals surface area contributed by atoms with E-state index in [1.54, 1.807) is 22.5 Å². The summed E-state index contributed by atoms with van der Waals surface area (Å²) in [7, 11) is -3.53. The van der Waals surface area contributed by atoms with Crippen molar-refractivity contribution in [1.29, 1.82) is 0 Å². The van der Waals surface area contributed by atoms with Gasteiger partial charge < -0.3 is 0 Å². The van der Waals surface area contributed by atoms with E-state index in [0.29, 0.717) is 41.3 Å². The standard InChI is InChI=1S/C26H33N5O2S2/c1-2-22-12-6-7-16-28(22)20-30-26(34)31(23-13-4-3-5-14-23)25(27-30)21-11-10-15-24(19-21)35(32,33)29-17-8-9-18-29/h3-5,10-11,13-15,19,22H,2,6-9,12,16-18,20H2,1H3. The largest absolute Gasteiger partial charge is 0.281 e. The predicted octanol–water partition coefficient (Wildman–Crippen LogP) is 5.08. The summed E-state index contributed by atoms with van der Waals surface area (Å²) >= 11 is 5.94. The Balaban J connectivity index is 1.58. The molecule has 0 amide bonds. The molecule has 0 spiro atoms. The van der Waals surface area contributed by atoms with Gasteiger partial charge in [-0.1, -0.05) is 43.7 Å². The molecule has 186 valence electrons. The van der Waals surface area contributed by atoms with E-state index in [4.69, 9.17) is 17.3 Å². The lowest BCUT2D eigenvalue weighted by atomic mass is 10.0. The molecule has 0 aliphatic carbocycles. The van der Waals surface area contributed by atoms with Crippen LogP contribution in [-0.4, -0.2) is 57.6 Å². The number of rotatable bonds is 7. The molecular weight excluding hydrogens is 478 g/mol. The molecule has 3 aromatic rings. The van der Waals surface area contributed by atoms with Crippen LogP contribution in [0.5, 0.6) is 0 Å². The first kappa shape index (κ1) is 24.4. The topological polar surface area (TPSA) is 63.4 Å². The lowest BCUT2D eigenvalue weighted by Gasteiger charge is -2.34.